The summed E-state index contributed by atoms with van der Waals surface area (Å²) in [7, 11) is 1.58. The number of alkyl halides is 3. The Kier molecular flexibility index (Phi) is 5.87. The summed E-state index contributed by atoms with van der Waals surface area (Å²) in [6, 6.07) is 3.20. The van der Waals surface area contributed by atoms with E-state index in [0.29, 0.717) is 11.3 Å². The third-order valence-corrected chi connectivity index (χ3v) is 5.06. The third kappa shape index (κ3) is 4.44. The molecule has 0 radical (unpaired) electrons. The number of thioether (sulfide) groups is 1. The molecular formula is C18H18F3N5OS. The van der Waals surface area contributed by atoms with Gasteiger partial charge < -0.3 is 4.74 Å². The van der Waals surface area contributed by atoms with Crippen LogP contribution in [0.4, 0.5) is 13.2 Å². The van der Waals surface area contributed by atoms with Gasteiger partial charge in [-0.2, -0.15) is 13.2 Å². The smallest absolute Gasteiger partial charge is 0.406 e. The molecule has 0 aromatic carbocycles. The molecule has 3 heterocycles. The molecule has 0 atom stereocenters. The number of rotatable bonds is 6. The minimum Gasteiger partial charge on any atom is -0.496 e. The molecule has 0 bridgehead atoms. The van der Waals surface area contributed by atoms with Gasteiger partial charge in [-0.1, -0.05) is 11.8 Å². The fraction of sp³-hybridized carbons (Fsp3) is 0.333. The summed E-state index contributed by atoms with van der Waals surface area (Å²) in [5, 5.41) is 8.12. The second kappa shape index (κ2) is 8.17. The highest BCUT2D eigenvalue weighted by atomic mass is 32.2. The van der Waals surface area contributed by atoms with E-state index < -0.39 is 12.7 Å². The Hall–Kier alpha value is -2.62. The molecule has 0 aliphatic carbocycles. The number of aryl methyl sites for hydroxylation is 1. The molecular weight excluding hydrogens is 391 g/mol. The van der Waals surface area contributed by atoms with Crippen molar-refractivity contribution < 1.29 is 17.9 Å². The van der Waals surface area contributed by atoms with Crippen LogP contribution in [0.5, 0.6) is 5.75 Å². The molecule has 148 valence electrons. The van der Waals surface area contributed by atoms with Crippen molar-refractivity contribution in [3.63, 3.8) is 0 Å². The lowest BCUT2D eigenvalue weighted by Gasteiger charge is -2.14. The van der Waals surface area contributed by atoms with Crippen LogP contribution >= 0.6 is 11.8 Å². The summed E-state index contributed by atoms with van der Waals surface area (Å²) in [5.74, 6) is 1.21. The van der Waals surface area contributed by atoms with Gasteiger partial charge in [0, 0.05) is 41.0 Å². The number of hydrogen-bond donors (Lipinski definition) is 0. The van der Waals surface area contributed by atoms with Crippen LogP contribution in [-0.4, -0.2) is 38.0 Å². The summed E-state index contributed by atoms with van der Waals surface area (Å²) in [6.45, 7) is 2.58. The molecule has 3 rings (SSSR count). The lowest BCUT2D eigenvalue weighted by Crippen LogP contribution is -2.19. The second-order valence-corrected chi connectivity index (χ2v) is 7.02. The number of aromatic nitrogens is 5. The summed E-state index contributed by atoms with van der Waals surface area (Å²) >= 11 is 1.15. The van der Waals surface area contributed by atoms with E-state index in [-0.39, 0.29) is 11.0 Å². The maximum atomic E-state index is 13.1. The van der Waals surface area contributed by atoms with Crippen LogP contribution in [0.1, 0.15) is 16.8 Å². The molecule has 0 saturated carbocycles. The van der Waals surface area contributed by atoms with Gasteiger partial charge in [0.15, 0.2) is 11.0 Å². The van der Waals surface area contributed by atoms with Gasteiger partial charge >= 0.3 is 6.18 Å². The van der Waals surface area contributed by atoms with Crippen LogP contribution in [0.2, 0.25) is 0 Å². The summed E-state index contributed by atoms with van der Waals surface area (Å²) in [6.07, 6.45) is 0.284. The first-order chi connectivity index (χ1) is 13.3. The first-order valence-corrected chi connectivity index (χ1v) is 9.31. The highest BCUT2D eigenvalue weighted by Gasteiger charge is 2.31. The molecule has 0 aliphatic rings. The van der Waals surface area contributed by atoms with Crippen molar-refractivity contribution in [2.75, 3.05) is 7.11 Å². The molecule has 0 fully saturated rings. The highest BCUT2D eigenvalue weighted by Crippen LogP contribution is 2.32. The van der Waals surface area contributed by atoms with Gasteiger partial charge in [-0.3, -0.25) is 14.5 Å². The van der Waals surface area contributed by atoms with Crippen LogP contribution in [0, 0.1) is 13.8 Å². The number of ether oxygens (including phenoxy) is 1. The Morgan fingerprint density at radius 1 is 1.14 bits per heavy atom. The molecule has 28 heavy (non-hydrogen) atoms. The molecule has 10 heteroatoms. The van der Waals surface area contributed by atoms with Crippen molar-refractivity contribution >= 4 is 11.8 Å². The summed E-state index contributed by atoms with van der Waals surface area (Å²) in [4.78, 5) is 8.27. The standard InChI is InChI=1S/C18H18F3N5OS/c1-11-8-23-14(12(2)15(11)27-3)9-28-17-25-24-16(13-4-6-22-7-5-13)26(17)10-18(19,20)21/h4-8H,9-10H2,1-3H3. The second-order valence-electron chi connectivity index (χ2n) is 6.08. The highest BCUT2D eigenvalue weighted by molar-refractivity contribution is 7.98. The zero-order valence-corrected chi connectivity index (χ0v) is 16.3. The van der Waals surface area contributed by atoms with E-state index in [1.807, 2.05) is 13.8 Å². The zero-order chi connectivity index (χ0) is 20.3. The molecule has 0 amide bonds. The van der Waals surface area contributed by atoms with E-state index in [9.17, 15) is 13.2 Å². The van der Waals surface area contributed by atoms with E-state index in [0.717, 1.165) is 38.9 Å². The van der Waals surface area contributed by atoms with E-state index in [1.165, 1.54) is 12.4 Å². The van der Waals surface area contributed by atoms with Crippen LogP contribution in [0.3, 0.4) is 0 Å². The van der Waals surface area contributed by atoms with Crippen LogP contribution in [-0.2, 0) is 12.3 Å². The van der Waals surface area contributed by atoms with Crippen LogP contribution in [0.25, 0.3) is 11.4 Å². The van der Waals surface area contributed by atoms with Crippen molar-refractivity contribution in [2.24, 2.45) is 0 Å². The van der Waals surface area contributed by atoms with Crippen LogP contribution in [0.15, 0.2) is 35.9 Å². The SMILES string of the molecule is COc1c(C)cnc(CSc2nnc(-c3ccncc3)n2CC(F)(F)F)c1C. The maximum Gasteiger partial charge on any atom is 0.406 e. The number of nitrogens with zero attached hydrogens (tertiary/aromatic N) is 5. The normalized spacial score (nSPS) is 11.6. The lowest BCUT2D eigenvalue weighted by molar-refractivity contribution is -0.141. The third-order valence-electron chi connectivity index (χ3n) is 4.08. The minimum atomic E-state index is -4.40. The summed E-state index contributed by atoms with van der Waals surface area (Å²) in [5.41, 5.74) is 2.99. The van der Waals surface area contributed by atoms with E-state index >= 15 is 0 Å². The molecule has 3 aromatic rings. The average Bonchev–Trinajstić information content (AvgIpc) is 3.03. The molecule has 0 N–H and O–H groups in total. The van der Waals surface area contributed by atoms with Crippen molar-refractivity contribution in [3.8, 4) is 17.1 Å². The lowest BCUT2D eigenvalue weighted by atomic mass is 10.1. The fourth-order valence-corrected chi connectivity index (χ4v) is 3.74. The van der Waals surface area contributed by atoms with Gasteiger partial charge in [0.2, 0.25) is 0 Å². The average molecular weight is 409 g/mol. The van der Waals surface area contributed by atoms with E-state index in [2.05, 4.69) is 20.2 Å². The quantitative estimate of drug-likeness (QED) is 0.568. The van der Waals surface area contributed by atoms with E-state index in [4.69, 9.17) is 4.74 Å². The Morgan fingerprint density at radius 3 is 2.50 bits per heavy atom. The Morgan fingerprint density at radius 2 is 1.86 bits per heavy atom. The maximum absolute atomic E-state index is 13.1. The molecule has 0 aliphatic heterocycles. The number of methoxy groups -OCH3 is 1. The van der Waals surface area contributed by atoms with Gasteiger partial charge in [-0.15, -0.1) is 10.2 Å². The van der Waals surface area contributed by atoms with Crippen molar-refractivity contribution in [1.29, 1.82) is 0 Å². The topological polar surface area (TPSA) is 65.7 Å². The minimum absolute atomic E-state index is 0.147. The van der Waals surface area contributed by atoms with Gasteiger partial charge in [-0.05, 0) is 26.0 Å². The predicted molar refractivity (Wildman–Crippen MR) is 99.1 cm³/mol. The molecule has 6 nitrogen and oxygen atoms in total. The van der Waals surface area contributed by atoms with E-state index in [1.54, 1.807) is 25.4 Å². The Labute approximate surface area is 164 Å². The van der Waals surface area contributed by atoms with Gasteiger partial charge in [-0.25, -0.2) is 0 Å². The fourth-order valence-electron chi connectivity index (χ4n) is 2.78. The first kappa shape index (κ1) is 20.1. The molecule has 3 aromatic heterocycles. The number of halogens is 3. The van der Waals surface area contributed by atoms with Crippen molar-refractivity contribution in [3.05, 3.63) is 47.5 Å². The van der Waals surface area contributed by atoms with Gasteiger partial charge in [0.05, 0.1) is 12.8 Å². The molecule has 0 unspecified atom stereocenters. The Bertz CT molecular complexity index is 960. The summed E-state index contributed by atoms with van der Waals surface area (Å²) < 4.78 is 45.9. The predicted octanol–water partition coefficient (Wildman–Crippen LogP) is 4.22. The Balaban J connectivity index is 1.91. The van der Waals surface area contributed by atoms with Crippen molar-refractivity contribution in [1.82, 2.24) is 24.7 Å². The first-order valence-electron chi connectivity index (χ1n) is 8.32. The van der Waals surface area contributed by atoms with Gasteiger partial charge in [0.1, 0.15) is 12.3 Å². The van der Waals surface area contributed by atoms with Gasteiger partial charge in [0.25, 0.3) is 0 Å². The molecule has 0 spiro atoms. The largest absolute Gasteiger partial charge is 0.496 e. The molecule has 0 saturated heterocycles. The number of pyridine rings is 2. The van der Waals surface area contributed by atoms with Crippen molar-refractivity contribution in [2.45, 2.75) is 37.5 Å². The zero-order valence-electron chi connectivity index (χ0n) is 15.5. The van der Waals surface area contributed by atoms with Crippen LogP contribution < -0.4 is 4.74 Å². The number of hydrogen-bond acceptors (Lipinski definition) is 6. The monoisotopic (exact) mass is 409 g/mol.